The van der Waals surface area contributed by atoms with Crippen LogP contribution >= 0.6 is 11.6 Å². The Kier molecular flexibility index (Phi) is 4.79. The van der Waals surface area contributed by atoms with Crippen LogP contribution in [-0.2, 0) is 19.4 Å². The van der Waals surface area contributed by atoms with E-state index in [1.165, 1.54) is 22.2 Å². The number of benzene rings is 2. The van der Waals surface area contributed by atoms with Gasteiger partial charge in [-0.15, -0.1) is 0 Å². The summed E-state index contributed by atoms with van der Waals surface area (Å²) in [4.78, 5) is 4.95. The first-order valence-electron chi connectivity index (χ1n) is 9.26. The second-order valence-corrected chi connectivity index (χ2v) is 7.61. The minimum Gasteiger partial charge on any atom is -0.466 e. The lowest BCUT2D eigenvalue weighted by Gasteiger charge is -2.10. The molecule has 4 aromatic rings. The summed E-state index contributed by atoms with van der Waals surface area (Å²) in [5.74, 6) is 3.04. The highest BCUT2D eigenvalue weighted by Crippen LogP contribution is 2.24. The van der Waals surface area contributed by atoms with Crippen LogP contribution < -0.4 is 0 Å². The number of imidazole rings is 1. The number of aryl methyl sites for hydroxylation is 5. The van der Waals surface area contributed by atoms with E-state index in [4.69, 9.17) is 21.0 Å². The van der Waals surface area contributed by atoms with Gasteiger partial charge in [-0.1, -0.05) is 23.7 Å². The summed E-state index contributed by atoms with van der Waals surface area (Å²) in [5, 5.41) is 0.758. The first kappa shape index (κ1) is 17.9. The van der Waals surface area contributed by atoms with Gasteiger partial charge < -0.3 is 8.98 Å². The van der Waals surface area contributed by atoms with Crippen molar-refractivity contribution in [3.8, 4) is 0 Å². The van der Waals surface area contributed by atoms with Crippen LogP contribution in [0.4, 0.5) is 0 Å². The van der Waals surface area contributed by atoms with Gasteiger partial charge in [-0.3, -0.25) is 0 Å². The molecule has 0 saturated heterocycles. The number of halogens is 1. The van der Waals surface area contributed by atoms with Crippen molar-refractivity contribution in [2.24, 2.45) is 0 Å². The average molecular weight is 379 g/mol. The number of furan rings is 1. The minimum absolute atomic E-state index is 0.758. The Morgan fingerprint density at radius 3 is 2.37 bits per heavy atom. The Morgan fingerprint density at radius 1 is 0.926 bits per heavy atom. The van der Waals surface area contributed by atoms with Crippen molar-refractivity contribution in [1.29, 1.82) is 0 Å². The van der Waals surface area contributed by atoms with E-state index in [9.17, 15) is 0 Å². The molecule has 4 rings (SSSR count). The molecule has 0 aliphatic carbocycles. The molecule has 2 heterocycles. The molecule has 0 aliphatic rings. The number of fused-ring (bicyclic) bond motifs is 1. The van der Waals surface area contributed by atoms with Crippen molar-refractivity contribution in [2.75, 3.05) is 0 Å². The maximum atomic E-state index is 6.05. The standard InChI is InChI=1S/C23H23ClN2O/c1-15-12-21-22(13-16(15)2)26(14-18-5-7-19(24)8-6-18)23(25-21)11-10-20-9-4-17(3)27-20/h4-9,12-13H,10-11,14H2,1-3H3. The molecule has 0 unspecified atom stereocenters. The Hall–Kier alpha value is -2.52. The third-order valence-electron chi connectivity index (χ3n) is 5.09. The van der Waals surface area contributed by atoms with Crippen LogP contribution in [-0.4, -0.2) is 9.55 Å². The van der Waals surface area contributed by atoms with Gasteiger partial charge in [0.15, 0.2) is 0 Å². The van der Waals surface area contributed by atoms with Gasteiger partial charge in [0.05, 0.1) is 11.0 Å². The van der Waals surface area contributed by atoms with E-state index in [1.807, 2.05) is 25.1 Å². The monoisotopic (exact) mass is 378 g/mol. The van der Waals surface area contributed by atoms with Gasteiger partial charge in [0.1, 0.15) is 17.3 Å². The quantitative estimate of drug-likeness (QED) is 0.423. The molecule has 0 amide bonds. The molecule has 4 heteroatoms. The Balaban J connectivity index is 1.72. The zero-order chi connectivity index (χ0) is 19.0. The third kappa shape index (κ3) is 3.79. The maximum Gasteiger partial charge on any atom is 0.110 e. The highest BCUT2D eigenvalue weighted by Gasteiger charge is 2.13. The summed E-state index contributed by atoms with van der Waals surface area (Å²) in [6.07, 6.45) is 1.68. The molecule has 0 bridgehead atoms. The lowest BCUT2D eigenvalue weighted by Crippen LogP contribution is -2.06. The number of aromatic nitrogens is 2. The molecule has 2 aromatic heterocycles. The third-order valence-corrected chi connectivity index (χ3v) is 5.34. The predicted octanol–water partition coefficient (Wildman–Crippen LogP) is 6.04. The van der Waals surface area contributed by atoms with Gasteiger partial charge in [-0.25, -0.2) is 4.98 Å². The molecule has 0 saturated carbocycles. The van der Waals surface area contributed by atoms with Gasteiger partial charge >= 0.3 is 0 Å². The summed E-state index contributed by atoms with van der Waals surface area (Å²) in [6.45, 7) is 7.05. The molecule has 0 aliphatic heterocycles. The van der Waals surface area contributed by atoms with Gasteiger partial charge in [-0.2, -0.15) is 0 Å². The number of rotatable bonds is 5. The van der Waals surface area contributed by atoms with Crippen molar-refractivity contribution in [1.82, 2.24) is 9.55 Å². The zero-order valence-electron chi connectivity index (χ0n) is 15.9. The van der Waals surface area contributed by atoms with Crippen LogP contribution in [0.25, 0.3) is 11.0 Å². The summed E-state index contributed by atoms with van der Waals surface area (Å²) in [7, 11) is 0. The normalized spacial score (nSPS) is 11.4. The molecule has 138 valence electrons. The molecular weight excluding hydrogens is 356 g/mol. The molecule has 2 aromatic carbocycles. The highest BCUT2D eigenvalue weighted by atomic mass is 35.5. The van der Waals surface area contributed by atoms with Gasteiger partial charge in [0.25, 0.3) is 0 Å². The second-order valence-electron chi connectivity index (χ2n) is 7.18. The maximum absolute atomic E-state index is 6.05. The van der Waals surface area contributed by atoms with Crippen molar-refractivity contribution in [3.63, 3.8) is 0 Å². The van der Waals surface area contributed by atoms with Crippen LogP contribution in [0.2, 0.25) is 5.02 Å². The molecule has 0 spiro atoms. The lowest BCUT2D eigenvalue weighted by atomic mass is 10.1. The van der Waals surface area contributed by atoms with Gasteiger partial charge in [0, 0.05) is 24.4 Å². The van der Waals surface area contributed by atoms with E-state index in [-0.39, 0.29) is 0 Å². The number of hydrogen-bond acceptors (Lipinski definition) is 2. The fourth-order valence-electron chi connectivity index (χ4n) is 3.42. The van der Waals surface area contributed by atoms with Gasteiger partial charge in [-0.05, 0) is 73.9 Å². The summed E-state index contributed by atoms with van der Waals surface area (Å²) >= 11 is 6.05. The van der Waals surface area contributed by atoms with Crippen LogP contribution in [0.3, 0.4) is 0 Å². The van der Waals surface area contributed by atoms with Crippen LogP contribution in [0.5, 0.6) is 0 Å². The Bertz CT molecular complexity index is 1090. The number of nitrogens with zero attached hydrogens (tertiary/aromatic N) is 2. The average Bonchev–Trinajstić information content (AvgIpc) is 3.19. The van der Waals surface area contributed by atoms with Crippen molar-refractivity contribution < 1.29 is 4.42 Å². The van der Waals surface area contributed by atoms with E-state index in [0.717, 1.165) is 47.3 Å². The fourth-order valence-corrected chi connectivity index (χ4v) is 3.55. The Morgan fingerprint density at radius 2 is 1.67 bits per heavy atom. The zero-order valence-corrected chi connectivity index (χ0v) is 16.7. The summed E-state index contributed by atoms with van der Waals surface area (Å²) < 4.78 is 8.06. The molecule has 0 atom stereocenters. The Labute approximate surface area is 164 Å². The highest BCUT2D eigenvalue weighted by molar-refractivity contribution is 6.30. The SMILES string of the molecule is Cc1ccc(CCc2nc3cc(C)c(C)cc3n2Cc2ccc(Cl)cc2)o1. The molecule has 0 fully saturated rings. The molecular formula is C23H23ClN2O. The molecule has 0 radical (unpaired) electrons. The van der Waals surface area contributed by atoms with Crippen molar-refractivity contribution in [2.45, 2.75) is 40.2 Å². The first-order valence-corrected chi connectivity index (χ1v) is 9.63. The largest absolute Gasteiger partial charge is 0.466 e. The van der Waals surface area contributed by atoms with E-state index in [1.54, 1.807) is 0 Å². The lowest BCUT2D eigenvalue weighted by molar-refractivity contribution is 0.479. The summed E-state index contributed by atoms with van der Waals surface area (Å²) in [6, 6.07) is 16.5. The molecule has 0 N–H and O–H groups in total. The van der Waals surface area contributed by atoms with Crippen LogP contribution in [0, 0.1) is 20.8 Å². The van der Waals surface area contributed by atoms with Crippen molar-refractivity contribution >= 4 is 22.6 Å². The van der Waals surface area contributed by atoms with E-state index >= 15 is 0 Å². The van der Waals surface area contributed by atoms with Crippen LogP contribution in [0.15, 0.2) is 52.9 Å². The predicted molar refractivity (Wildman–Crippen MR) is 111 cm³/mol. The minimum atomic E-state index is 0.758. The van der Waals surface area contributed by atoms with E-state index in [2.05, 4.69) is 48.7 Å². The van der Waals surface area contributed by atoms with E-state index in [0.29, 0.717) is 0 Å². The van der Waals surface area contributed by atoms with Gasteiger partial charge in [0.2, 0.25) is 0 Å². The van der Waals surface area contributed by atoms with Crippen LogP contribution in [0.1, 0.15) is 34.0 Å². The number of hydrogen-bond donors (Lipinski definition) is 0. The van der Waals surface area contributed by atoms with E-state index < -0.39 is 0 Å². The first-order chi connectivity index (χ1) is 13.0. The second kappa shape index (κ2) is 7.24. The van der Waals surface area contributed by atoms with Crippen molar-refractivity contribution in [3.05, 3.63) is 87.6 Å². The molecule has 3 nitrogen and oxygen atoms in total. The fraction of sp³-hybridized carbons (Fsp3) is 0.261. The summed E-state index contributed by atoms with van der Waals surface area (Å²) in [5.41, 5.74) is 6.00. The molecule has 27 heavy (non-hydrogen) atoms. The smallest absolute Gasteiger partial charge is 0.110 e. The topological polar surface area (TPSA) is 31.0 Å².